The molecular formula is C72H117Na3O12. The van der Waals surface area contributed by atoms with E-state index < -0.39 is 17.9 Å². The zero-order valence-corrected chi connectivity index (χ0v) is 62.7. The number of carboxylic acids is 3. The second-order valence-electron chi connectivity index (χ2n) is 34.0. The van der Waals surface area contributed by atoms with Crippen molar-refractivity contribution < 1.29 is 149 Å². The fourth-order valence-corrected chi connectivity index (χ4v) is 26.2. The summed E-state index contributed by atoms with van der Waals surface area (Å²) in [5, 5.41) is 97.1. The third-order valence-electron chi connectivity index (χ3n) is 30.7. The minimum atomic E-state index is -0.934. The summed E-state index contributed by atoms with van der Waals surface area (Å²) >= 11 is 0. The van der Waals surface area contributed by atoms with E-state index in [1.807, 2.05) is 0 Å². The first-order chi connectivity index (χ1) is 39.5. The quantitative estimate of drug-likeness (QED) is 0.146. The smallest absolute Gasteiger partial charge is 0.550 e. The molecule has 6 N–H and O–H groups in total. The second-order valence-corrected chi connectivity index (χ2v) is 34.0. The van der Waals surface area contributed by atoms with E-state index in [1.165, 1.54) is 77.0 Å². The third kappa shape index (κ3) is 14.2. The van der Waals surface area contributed by atoms with Crippen molar-refractivity contribution in [2.24, 2.45) is 139 Å². The van der Waals surface area contributed by atoms with E-state index in [4.69, 9.17) is 0 Å². The molecule has 0 aliphatic heterocycles. The zero-order chi connectivity index (χ0) is 60.8. The van der Waals surface area contributed by atoms with Crippen LogP contribution in [0.3, 0.4) is 0 Å². The van der Waals surface area contributed by atoms with E-state index in [1.54, 1.807) is 0 Å². The Morgan fingerprint density at radius 2 is 0.563 bits per heavy atom. The van der Waals surface area contributed by atoms with Crippen molar-refractivity contribution in [3.8, 4) is 0 Å². The van der Waals surface area contributed by atoms with Gasteiger partial charge in [0.15, 0.2) is 0 Å². The van der Waals surface area contributed by atoms with Crippen molar-refractivity contribution in [3.05, 3.63) is 0 Å². The molecule has 0 spiro atoms. The molecule has 87 heavy (non-hydrogen) atoms. The van der Waals surface area contributed by atoms with Gasteiger partial charge in [-0.15, -0.1) is 0 Å². The minimum absolute atomic E-state index is 0. The number of carbonyl (C=O) groups is 3. The predicted molar refractivity (Wildman–Crippen MR) is 318 cm³/mol. The van der Waals surface area contributed by atoms with E-state index >= 15 is 0 Å². The van der Waals surface area contributed by atoms with Crippen LogP contribution in [-0.4, -0.2) is 85.2 Å². The van der Waals surface area contributed by atoms with Gasteiger partial charge in [0.1, 0.15) is 0 Å². The van der Waals surface area contributed by atoms with Gasteiger partial charge in [-0.1, -0.05) is 62.3 Å². The average molecular weight is 1240 g/mol. The van der Waals surface area contributed by atoms with Gasteiger partial charge in [-0.05, 0) is 332 Å². The molecule has 12 saturated carbocycles. The van der Waals surface area contributed by atoms with Crippen LogP contribution in [0, 0.1) is 139 Å². The number of hydrogen-bond donors (Lipinski definition) is 6. The van der Waals surface area contributed by atoms with Crippen LogP contribution in [0.25, 0.3) is 0 Å². The summed E-state index contributed by atoms with van der Waals surface area (Å²) in [5.74, 6) is 5.98. The van der Waals surface area contributed by atoms with Crippen molar-refractivity contribution in [1.82, 2.24) is 0 Å². The van der Waals surface area contributed by atoms with Crippen LogP contribution in [0.15, 0.2) is 0 Å². The number of fused-ring (bicyclic) bond motifs is 15. The summed E-state index contributed by atoms with van der Waals surface area (Å²) in [4.78, 5) is 32.8. The molecular weight excluding hydrogens is 1130 g/mol. The maximum Gasteiger partial charge on any atom is 1.00 e. The molecule has 12 nitrogen and oxygen atoms in total. The first-order valence-corrected chi connectivity index (χ1v) is 35.2. The Morgan fingerprint density at radius 3 is 0.793 bits per heavy atom. The number of rotatable bonds is 12. The zero-order valence-electron chi connectivity index (χ0n) is 56.7. The van der Waals surface area contributed by atoms with Crippen LogP contribution >= 0.6 is 0 Å². The van der Waals surface area contributed by atoms with Gasteiger partial charge in [0, 0.05) is 17.9 Å². The number of aliphatic hydroxyl groups excluding tert-OH is 6. The molecule has 12 aliphatic rings. The summed E-state index contributed by atoms with van der Waals surface area (Å²) in [6.07, 6.45) is 26.7. The van der Waals surface area contributed by atoms with Crippen LogP contribution in [0.5, 0.6) is 0 Å². The molecule has 12 rings (SSSR count). The standard InChI is InChI=1S/3C24H40O4.3Na/c3*1-14(4-7-21(27)28)17-5-6-18-22-19(9-11-24(17,18)3)23(2)10-8-16(25)12-15(23)13-20(22)26;;;/h3*14-20,22,25-26H,4-13H2,1-3H3,(H,27,28);;;/q;;;3*+1/p-3/t3*14-,15?,16+,17-,18?,19?,20+,22?,23+,24-;;;/m111.../s1. The van der Waals surface area contributed by atoms with Gasteiger partial charge in [0.05, 0.1) is 36.6 Å². The monoisotopic (exact) mass is 1240 g/mol. The number of aliphatic carboxylic acids is 3. The molecule has 12 aliphatic carbocycles. The van der Waals surface area contributed by atoms with Crippen LogP contribution in [-0.2, 0) is 14.4 Å². The average Bonchev–Trinajstić information content (AvgIpc) is 1.74. The van der Waals surface area contributed by atoms with Gasteiger partial charge in [-0.25, -0.2) is 0 Å². The molecule has 0 aromatic carbocycles. The molecule has 0 aromatic heterocycles. The Kier molecular flexibility index (Phi) is 25.6. The molecule has 0 saturated heterocycles. The summed E-state index contributed by atoms with van der Waals surface area (Å²) in [5.41, 5.74) is 1.48. The molecule has 12 unspecified atom stereocenters. The van der Waals surface area contributed by atoms with Crippen molar-refractivity contribution in [2.75, 3.05) is 0 Å². The van der Waals surface area contributed by atoms with Crippen molar-refractivity contribution in [2.45, 2.75) is 292 Å². The summed E-state index contributed by atoms with van der Waals surface area (Å²) in [6.45, 7) is 21.3. The predicted octanol–water partition coefficient (Wildman–Crippen LogP) is 0.442. The van der Waals surface area contributed by atoms with E-state index in [9.17, 15) is 60.3 Å². The SMILES string of the molecule is C[C@H](CCC(=O)[O-])[C@H]1CCC2C3C(CC[C@@]21C)[C@@]1(C)CC[C@H](O)CC1C[C@@H]3O.C[C@H](CCC(=O)[O-])[C@H]1CCC2C3C(CC[C@@]21C)[C@@]1(C)CC[C@H](O)CC1C[C@@H]3O.C[C@H](CCC(=O)[O-])[C@H]1CCC2C3C(CC[C@@]21C)[C@@]1(C)CC[C@H](O)CC1C[C@@H]3O.[Na+].[Na+].[Na+]. The van der Waals surface area contributed by atoms with Gasteiger partial charge < -0.3 is 60.3 Å². The Bertz CT molecular complexity index is 2080. The van der Waals surface area contributed by atoms with Crippen LogP contribution in [0.2, 0.25) is 0 Å². The number of carbonyl (C=O) groups excluding carboxylic acids is 3. The molecule has 0 radical (unpaired) electrons. The first-order valence-electron chi connectivity index (χ1n) is 35.2. The van der Waals surface area contributed by atoms with Crippen LogP contribution < -0.4 is 104 Å². The number of hydrogen-bond acceptors (Lipinski definition) is 12. The van der Waals surface area contributed by atoms with E-state index in [-0.39, 0.29) is 177 Å². The largest absolute Gasteiger partial charge is 1.00 e. The number of aliphatic hydroxyl groups is 6. The second kappa shape index (κ2) is 29.5. The van der Waals surface area contributed by atoms with Crippen LogP contribution in [0.1, 0.15) is 255 Å². The number of carboxylic acid groups (broad SMARTS) is 3. The first kappa shape index (κ1) is 75.5. The third-order valence-corrected chi connectivity index (χ3v) is 30.7. The molecule has 0 aromatic rings. The minimum Gasteiger partial charge on any atom is -0.550 e. The Labute approximate surface area is 591 Å². The fraction of sp³-hybridized carbons (Fsp3) is 0.958. The summed E-state index contributed by atoms with van der Waals surface area (Å²) in [6, 6.07) is 0. The van der Waals surface area contributed by atoms with E-state index in [0.717, 1.165) is 77.0 Å². The molecule has 480 valence electrons. The Morgan fingerprint density at radius 1 is 0.345 bits per heavy atom. The van der Waals surface area contributed by atoms with Gasteiger partial charge in [0.2, 0.25) is 0 Å². The summed E-state index contributed by atoms with van der Waals surface area (Å²) < 4.78 is 0. The maximum atomic E-state index is 11.2. The Balaban J connectivity index is 0.000000183. The van der Waals surface area contributed by atoms with Gasteiger partial charge in [0.25, 0.3) is 0 Å². The molecule has 12 fully saturated rings. The van der Waals surface area contributed by atoms with Crippen molar-refractivity contribution in [1.29, 1.82) is 0 Å². The molecule has 0 amide bonds. The van der Waals surface area contributed by atoms with Crippen molar-refractivity contribution >= 4 is 17.9 Å². The van der Waals surface area contributed by atoms with Gasteiger partial charge >= 0.3 is 88.7 Å². The molecule has 30 atom stereocenters. The molecule has 0 bridgehead atoms. The van der Waals surface area contributed by atoms with E-state index in [2.05, 4.69) is 62.3 Å². The molecule has 0 heterocycles. The summed E-state index contributed by atoms with van der Waals surface area (Å²) in [7, 11) is 0. The van der Waals surface area contributed by atoms with Gasteiger partial charge in [-0.3, -0.25) is 0 Å². The van der Waals surface area contributed by atoms with Crippen LogP contribution in [0.4, 0.5) is 0 Å². The van der Waals surface area contributed by atoms with Gasteiger partial charge in [-0.2, -0.15) is 0 Å². The topological polar surface area (TPSA) is 242 Å². The maximum absolute atomic E-state index is 11.2. The van der Waals surface area contributed by atoms with E-state index in [0.29, 0.717) is 126 Å². The normalized spacial score (nSPS) is 49.9. The van der Waals surface area contributed by atoms with Crippen molar-refractivity contribution in [3.63, 3.8) is 0 Å². The molecule has 15 heteroatoms. The Hall–Kier alpha value is 1.17. The fourth-order valence-electron chi connectivity index (χ4n) is 26.2.